The highest BCUT2D eigenvalue weighted by Gasteiger charge is 1.96. The minimum absolute atomic E-state index is 1.37. The fourth-order valence-electron chi connectivity index (χ4n) is 1.50. The molecule has 0 aliphatic rings. The molecule has 0 radical (unpaired) electrons. The normalized spacial score (nSPS) is 9.67. The van der Waals surface area contributed by atoms with Crippen molar-refractivity contribution in [1.29, 1.82) is 0 Å². The third-order valence-corrected chi connectivity index (χ3v) is 4.65. The maximum atomic E-state index is 2.15. The molecule has 0 N–H and O–H groups in total. The summed E-state index contributed by atoms with van der Waals surface area (Å²) in [5.41, 5.74) is 2.74. The van der Waals surface area contributed by atoms with Gasteiger partial charge in [0.2, 0.25) is 0 Å². The molecule has 0 aliphatic heterocycles. The molecule has 0 nitrogen and oxygen atoms in total. The number of hydrogen-bond acceptors (Lipinski definition) is 2. The highest BCUT2D eigenvalue weighted by atomic mass is 32.1. The lowest BCUT2D eigenvalue weighted by Gasteiger charge is -1.93. The van der Waals surface area contributed by atoms with Crippen molar-refractivity contribution in [2.75, 3.05) is 0 Å². The molecule has 0 fully saturated rings. The van der Waals surface area contributed by atoms with Crippen LogP contribution in [0.5, 0.6) is 0 Å². The third kappa shape index (κ3) is 3.56. The van der Waals surface area contributed by atoms with Gasteiger partial charge in [-0.2, -0.15) is 0 Å². The van der Waals surface area contributed by atoms with Gasteiger partial charge in [-0.05, 0) is 47.9 Å². The molecule has 0 saturated heterocycles. The summed E-state index contributed by atoms with van der Waals surface area (Å²) in [5, 5.41) is 4.21. The van der Waals surface area contributed by atoms with Gasteiger partial charge in [0.1, 0.15) is 0 Å². The van der Waals surface area contributed by atoms with Crippen LogP contribution in [0.25, 0.3) is 9.75 Å². The number of aryl methyl sites for hydroxylation is 2. The van der Waals surface area contributed by atoms with E-state index in [0.29, 0.717) is 0 Å². The van der Waals surface area contributed by atoms with Gasteiger partial charge in [0, 0.05) is 9.75 Å². The van der Waals surface area contributed by atoms with Crippen molar-refractivity contribution in [3.8, 4) is 9.75 Å². The average Bonchev–Trinajstić information content (AvgIpc) is 3.04. The molecule has 2 heterocycles. The third-order valence-electron chi connectivity index (χ3n) is 2.71. The average molecular weight is 272 g/mol. The van der Waals surface area contributed by atoms with Gasteiger partial charge in [-0.15, -0.1) is 22.7 Å². The SMILES string of the molecule is Cc1ccccc1C.c1csc(-c2cccs2)c1. The topological polar surface area (TPSA) is 0 Å². The lowest BCUT2D eigenvalue weighted by Crippen LogP contribution is -1.74. The summed E-state index contributed by atoms with van der Waals surface area (Å²) < 4.78 is 0. The lowest BCUT2D eigenvalue weighted by molar-refractivity contribution is 1.34. The van der Waals surface area contributed by atoms with Crippen LogP contribution in [0.15, 0.2) is 59.3 Å². The summed E-state index contributed by atoms with van der Waals surface area (Å²) >= 11 is 3.58. The van der Waals surface area contributed by atoms with E-state index in [2.05, 4.69) is 73.1 Å². The Kier molecular flexibility index (Phi) is 4.73. The van der Waals surface area contributed by atoms with Crippen LogP contribution >= 0.6 is 22.7 Å². The largest absolute Gasteiger partial charge is 0.143 e. The zero-order valence-corrected chi connectivity index (χ0v) is 12.2. The summed E-state index contributed by atoms with van der Waals surface area (Å²) in [6, 6.07) is 16.8. The smallest absolute Gasteiger partial charge is 0.0442 e. The molecule has 2 aromatic heterocycles. The van der Waals surface area contributed by atoms with E-state index < -0.39 is 0 Å². The molecule has 2 heteroatoms. The predicted octanol–water partition coefficient (Wildman–Crippen LogP) is 5.78. The van der Waals surface area contributed by atoms with Crippen LogP contribution in [0, 0.1) is 13.8 Å². The molecule has 92 valence electrons. The Morgan fingerprint density at radius 1 is 0.611 bits per heavy atom. The van der Waals surface area contributed by atoms with Gasteiger partial charge in [-0.3, -0.25) is 0 Å². The molecule has 0 atom stereocenters. The molecule has 0 spiro atoms. The Bertz CT molecular complexity index is 510. The maximum absolute atomic E-state index is 2.15. The second kappa shape index (κ2) is 6.53. The number of rotatable bonds is 1. The Labute approximate surface area is 117 Å². The Hall–Kier alpha value is -1.38. The van der Waals surface area contributed by atoms with E-state index in [1.807, 2.05) is 0 Å². The highest BCUT2D eigenvalue weighted by molar-refractivity contribution is 7.20. The van der Waals surface area contributed by atoms with Gasteiger partial charge in [-0.25, -0.2) is 0 Å². The quantitative estimate of drug-likeness (QED) is 0.526. The Balaban J connectivity index is 0.000000138. The van der Waals surface area contributed by atoms with Crippen molar-refractivity contribution < 1.29 is 0 Å². The summed E-state index contributed by atoms with van der Waals surface area (Å²) in [6.07, 6.45) is 0. The fourth-order valence-corrected chi connectivity index (χ4v) is 3.08. The molecule has 18 heavy (non-hydrogen) atoms. The Morgan fingerprint density at radius 2 is 1.06 bits per heavy atom. The van der Waals surface area contributed by atoms with Crippen LogP contribution in [0.4, 0.5) is 0 Å². The Morgan fingerprint density at radius 3 is 1.33 bits per heavy atom. The molecule has 0 unspecified atom stereocenters. The van der Waals surface area contributed by atoms with Gasteiger partial charge >= 0.3 is 0 Å². The van der Waals surface area contributed by atoms with Crippen LogP contribution < -0.4 is 0 Å². The van der Waals surface area contributed by atoms with E-state index in [0.717, 1.165) is 0 Å². The van der Waals surface area contributed by atoms with E-state index in [4.69, 9.17) is 0 Å². The maximum Gasteiger partial charge on any atom is 0.0442 e. The van der Waals surface area contributed by atoms with Gasteiger partial charge < -0.3 is 0 Å². The van der Waals surface area contributed by atoms with E-state index in [1.165, 1.54) is 20.9 Å². The minimum atomic E-state index is 1.37. The highest BCUT2D eigenvalue weighted by Crippen LogP contribution is 2.28. The summed E-state index contributed by atoms with van der Waals surface area (Å²) in [5.74, 6) is 0. The van der Waals surface area contributed by atoms with Crippen molar-refractivity contribution in [2.45, 2.75) is 13.8 Å². The van der Waals surface area contributed by atoms with Crippen LogP contribution in [-0.4, -0.2) is 0 Å². The van der Waals surface area contributed by atoms with Crippen molar-refractivity contribution in [1.82, 2.24) is 0 Å². The first-order chi connectivity index (χ1) is 8.77. The molecular weight excluding hydrogens is 256 g/mol. The van der Waals surface area contributed by atoms with E-state index in [9.17, 15) is 0 Å². The van der Waals surface area contributed by atoms with Gasteiger partial charge in [0.25, 0.3) is 0 Å². The molecule has 3 rings (SSSR count). The van der Waals surface area contributed by atoms with Crippen LogP contribution in [0.1, 0.15) is 11.1 Å². The van der Waals surface area contributed by atoms with Gasteiger partial charge in [0.05, 0.1) is 0 Å². The van der Waals surface area contributed by atoms with E-state index in [-0.39, 0.29) is 0 Å². The molecule has 3 aromatic rings. The summed E-state index contributed by atoms with van der Waals surface area (Å²) in [7, 11) is 0. The minimum Gasteiger partial charge on any atom is -0.143 e. The molecular formula is C16H16S2. The summed E-state index contributed by atoms with van der Waals surface area (Å²) in [6.45, 7) is 4.24. The first-order valence-electron chi connectivity index (χ1n) is 5.87. The zero-order chi connectivity index (χ0) is 12.8. The van der Waals surface area contributed by atoms with E-state index >= 15 is 0 Å². The standard InChI is InChI=1S/C8H6S2.C8H10/c1-3-7(9-5-1)8-4-2-6-10-8;1-7-5-3-4-6-8(7)2/h1-6H;3-6H,1-2H3. The number of hydrogen-bond donors (Lipinski definition) is 0. The van der Waals surface area contributed by atoms with Gasteiger partial charge in [0.15, 0.2) is 0 Å². The molecule has 0 saturated carbocycles. The monoisotopic (exact) mass is 272 g/mol. The van der Waals surface area contributed by atoms with Crippen molar-refractivity contribution in [3.05, 3.63) is 70.4 Å². The molecule has 1 aromatic carbocycles. The lowest BCUT2D eigenvalue weighted by atomic mass is 10.1. The first kappa shape index (κ1) is 13.1. The van der Waals surface area contributed by atoms with Crippen molar-refractivity contribution >= 4 is 22.7 Å². The number of thiophene rings is 2. The molecule has 0 aliphatic carbocycles. The first-order valence-corrected chi connectivity index (χ1v) is 7.63. The summed E-state index contributed by atoms with van der Waals surface area (Å²) in [4.78, 5) is 2.74. The van der Waals surface area contributed by atoms with E-state index in [1.54, 1.807) is 22.7 Å². The van der Waals surface area contributed by atoms with Gasteiger partial charge in [-0.1, -0.05) is 36.4 Å². The second-order valence-corrected chi connectivity index (χ2v) is 5.93. The fraction of sp³-hybridized carbons (Fsp3) is 0.125. The zero-order valence-electron chi connectivity index (χ0n) is 10.6. The van der Waals surface area contributed by atoms with Crippen molar-refractivity contribution in [3.63, 3.8) is 0 Å². The van der Waals surface area contributed by atoms with Crippen LogP contribution in [0.2, 0.25) is 0 Å². The number of benzene rings is 1. The molecule has 0 bridgehead atoms. The van der Waals surface area contributed by atoms with Crippen LogP contribution in [-0.2, 0) is 0 Å². The van der Waals surface area contributed by atoms with Crippen molar-refractivity contribution in [2.24, 2.45) is 0 Å². The second-order valence-electron chi connectivity index (χ2n) is 4.04. The molecule has 0 amide bonds. The van der Waals surface area contributed by atoms with Crippen LogP contribution in [0.3, 0.4) is 0 Å². The predicted molar refractivity (Wildman–Crippen MR) is 83.5 cm³/mol.